The van der Waals surface area contributed by atoms with Crippen molar-refractivity contribution in [1.82, 2.24) is 5.32 Å². The van der Waals surface area contributed by atoms with Crippen LogP contribution in [0.1, 0.15) is 277 Å². The molecular formula is C57H105NO5. The van der Waals surface area contributed by atoms with Crippen LogP contribution in [0.5, 0.6) is 0 Å². The molecule has 6 heteroatoms. The molecule has 0 aliphatic rings. The molecule has 0 spiro atoms. The monoisotopic (exact) mass is 884 g/mol. The summed E-state index contributed by atoms with van der Waals surface area (Å²) in [7, 11) is 0. The molecule has 2 atom stereocenters. The number of amides is 1. The van der Waals surface area contributed by atoms with Gasteiger partial charge in [0.2, 0.25) is 5.91 Å². The molecule has 0 aliphatic carbocycles. The topological polar surface area (TPSA) is 95.9 Å². The SMILES string of the molecule is CCCCCCC/C=C\CCCCCCCC(=O)OCC/C=C\C/C=C\CCCCCCCCCCCCCCCCC(=O)NC(CO)C(O)/C=C/CCCCCCCCCCC. The summed E-state index contributed by atoms with van der Waals surface area (Å²) < 4.78 is 5.40. The minimum absolute atomic E-state index is 0.0452. The average molecular weight is 884 g/mol. The number of esters is 1. The molecule has 0 saturated heterocycles. The van der Waals surface area contributed by atoms with E-state index in [-0.39, 0.29) is 18.5 Å². The van der Waals surface area contributed by atoms with Crippen molar-refractivity contribution in [1.29, 1.82) is 0 Å². The lowest BCUT2D eigenvalue weighted by atomic mass is 10.0. The smallest absolute Gasteiger partial charge is 0.305 e. The van der Waals surface area contributed by atoms with Crippen LogP contribution in [-0.4, -0.2) is 47.4 Å². The maximum atomic E-state index is 12.4. The molecule has 0 aromatic heterocycles. The van der Waals surface area contributed by atoms with E-state index in [9.17, 15) is 19.8 Å². The molecule has 3 N–H and O–H groups in total. The van der Waals surface area contributed by atoms with Crippen molar-refractivity contribution >= 4 is 11.9 Å². The summed E-state index contributed by atoms with van der Waals surface area (Å²) in [4.78, 5) is 24.4. The van der Waals surface area contributed by atoms with E-state index in [1.165, 1.54) is 199 Å². The predicted octanol–water partition coefficient (Wildman–Crippen LogP) is 16.6. The molecule has 2 unspecified atom stereocenters. The van der Waals surface area contributed by atoms with E-state index in [1.54, 1.807) is 6.08 Å². The number of allylic oxidation sites excluding steroid dienone is 6. The first-order chi connectivity index (χ1) is 31.0. The molecule has 368 valence electrons. The molecule has 1 amide bonds. The molecule has 6 nitrogen and oxygen atoms in total. The van der Waals surface area contributed by atoms with Gasteiger partial charge >= 0.3 is 5.97 Å². The number of hydrogen-bond donors (Lipinski definition) is 3. The Morgan fingerprint density at radius 1 is 0.444 bits per heavy atom. The zero-order valence-corrected chi connectivity index (χ0v) is 41.8. The highest BCUT2D eigenvalue weighted by molar-refractivity contribution is 5.76. The van der Waals surface area contributed by atoms with Crippen LogP contribution < -0.4 is 5.32 Å². The fourth-order valence-corrected chi connectivity index (χ4v) is 8.11. The summed E-state index contributed by atoms with van der Waals surface area (Å²) in [5, 5.41) is 23.0. The first-order valence-electron chi connectivity index (χ1n) is 27.4. The molecule has 0 rings (SSSR count). The number of rotatable bonds is 50. The first kappa shape index (κ1) is 60.8. The Bertz CT molecular complexity index is 1070. The van der Waals surface area contributed by atoms with Gasteiger partial charge in [-0.3, -0.25) is 9.59 Å². The first-order valence-corrected chi connectivity index (χ1v) is 27.4. The number of carbonyl (C=O) groups excluding carboxylic acids is 2. The molecule has 0 aromatic rings. The summed E-state index contributed by atoms with van der Waals surface area (Å²) >= 11 is 0. The Morgan fingerprint density at radius 3 is 1.22 bits per heavy atom. The van der Waals surface area contributed by atoms with Crippen molar-refractivity contribution < 1.29 is 24.5 Å². The zero-order chi connectivity index (χ0) is 45.8. The molecular weight excluding hydrogens is 779 g/mol. The van der Waals surface area contributed by atoms with E-state index in [1.807, 2.05) is 6.08 Å². The van der Waals surface area contributed by atoms with Crippen molar-refractivity contribution in [3.63, 3.8) is 0 Å². The van der Waals surface area contributed by atoms with E-state index in [4.69, 9.17) is 4.74 Å². The number of unbranched alkanes of at least 4 members (excludes halogenated alkanes) is 33. The van der Waals surface area contributed by atoms with Crippen LogP contribution in [0, 0.1) is 0 Å². The van der Waals surface area contributed by atoms with Gasteiger partial charge in [0, 0.05) is 12.8 Å². The Labute approximate surface area is 391 Å². The van der Waals surface area contributed by atoms with E-state index >= 15 is 0 Å². The molecule has 0 bridgehead atoms. The Hall–Kier alpha value is -2.18. The van der Waals surface area contributed by atoms with E-state index in [0.29, 0.717) is 19.4 Å². The predicted molar refractivity (Wildman–Crippen MR) is 273 cm³/mol. The van der Waals surface area contributed by atoms with Crippen molar-refractivity contribution in [2.24, 2.45) is 0 Å². The van der Waals surface area contributed by atoms with Gasteiger partial charge in [0.1, 0.15) is 0 Å². The molecule has 0 fully saturated rings. The number of ether oxygens (including phenoxy) is 1. The summed E-state index contributed by atoms with van der Waals surface area (Å²) in [5.41, 5.74) is 0. The Balaban J connectivity index is 3.48. The lowest BCUT2D eigenvalue weighted by molar-refractivity contribution is -0.143. The van der Waals surface area contributed by atoms with E-state index < -0.39 is 12.1 Å². The zero-order valence-electron chi connectivity index (χ0n) is 41.8. The third-order valence-corrected chi connectivity index (χ3v) is 12.3. The second-order valence-electron chi connectivity index (χ2n) is 18.5. The maximum Gasteiger partial charge on any atom is 0.305 e. The highest BCUT2D eigenvalue weighted by Gasteiger charge is 2.18. The summed E-state index contributed by atoms with van der Waals surface area (Å²) in [6.07, 6.45) is 65.7. The fraction of sp³-hybridized carbons (Fsp3) is 0.825. The second-order valence-corrected chi connectivity index (χ2v) is 18.5. The lowest BCUT2D eigenvalue weighted by Gasteiger charge is -2.20. The largest absolute Gasteiger partial charge is 0.465 e. The van der Waals surface area contributed by atoms with Gasteiger partial charge in [-0.15, -0.1) is 0 Å². The summed E-state index contributed by atoms with van der Waals surface area (Å²) in [6, 6.07) is -0.631. The van der Waals surface area contributed by atoms with Crippen LogP contribution in [0.3, 0.4) is 0 Å². The molecule has 0 heterocycles. The van der Waals surface area contributed by atoms with Gasteiger partial charge in [-0.05, 0) is 77.0 Å². The van der Waals surface area contributed by atoms with Gasteiger partial charge in [0.15, 0.2) is 0 Å². The van der Waals surface area contributed by atoms with Gasteiger partial charge in [-0.2, -0.15) is 0 Å². The summed E-state index contributed by atoms with van der Waals surface area (Å²) in [5.74, 6) is -0.120. The molecule has 0 radical (unpaired) electrons. The van der Waals surface area contributed by atoms with Crippen LogP contribution in [0.15, 0.2) is 48.6 Å². The standard InChI is InChI=1S/C57H105NO5/c1-3-5-7-9-11-13-15-16-27-31-35-39-43-47-51-57(62)63-52-48-44-40-36-32-28-25-23-21-19-17-18-20-22-24-26-30-34-38-42-46-50-56(61)58-54(53-59)55(60)49-45-41-37-33-29-14-12-10-8-6-4-2/h15-16,28,32,40,44-45,49,54-55,59-60H,3-14,17-27,29-31,33-39,41-43,46-48,50-53H2,1-2H3,(H,58,61)/b16-15-,32-28-,44-40-,49-45+. The second kappa shape index (κ2) is 52.4. The van der Waals surface area contributed by atoms with E-state index in [2.05, 4.69) is 55.6 Å². The number of carbonyl (C=O) groups is 2. The van der Waals surface area contributed by atoms with Gasteiger partial charge in [0.25, 0.3) is 0 Å². The van der Waals surface area contributed by atoms with Gasteiger partial charge in [0.05, 0.1) is 25.4 Å². The highest BCUT2D eigenvalue weighted by Crippen LogP contribution is 2.15. The van der Waals surface area contributed by atoms with Crippen molar-refractivity contribution in [3.8, 4) is 0 Å². The Morgan fingerprint density at radius 2 is 0.794 bits per heavy atom. The minimum atomic E-state index is -0.847. The van der Waals surface area contributed by atoms with Gasteiger partial charge in [-0.25, -0.2) is 0 Å². The highest BCUT2D eigenvalue weighted by atomic mass is 16.5. The summed E-state index contributed by atoms with van der Waals surface area (Å²) in [6.45, 7) is 4.76. The fourth-order valence-electron chi connectivity index (χ4n) is 8.11. The number of aliphatic hydroxyl groups is 2. The van der Waals surface area contributed by atoms with Crippen LogP contribution in [0.25, 0.3) is 0 Å². The molecule has 0 aliphatic heterocycles. The van der Waals surface area contributed by atoms with Crippen LogP contribution in [-0.2, 0) is 14.3 Å². The van der Waals surface area contributed by atoms with Gasteiger partial charge in [-0.1, -0.05) is 236 Å². The van der Waals surface area contributed by atoms with Crippen LogP contribution in [0.2, 0.25) is 0 Å². The molecule has 0 aromatic carbocycles. The quantitative estimate of drug-likeness (QED) is 0.0321. The molecule has 0 saturated carbocycles. The van der Waals surface area contributed by atoms with E-state index in [0.717, 1.165) is 51.4 Å². The van der Waals surface area contributed by atoms with Crippen molar-refractivity contribution in [2.75, 3.05) is 13.2 Å². The van der Waals surface area contributed by atoms with Crippen molar-refractivity contribution in [3.05, 3.63) is 48.6 Å². The maximum absolute atomic E-state index is 12.4. The average Bonchev–Trinajstić information content (AvgIpc) is 3.28. The normalized spacial score (nSPS) is 13.0. The van der Waals surface area contributed by atoms with Gasteiger partial charge < -0.3 is 20.3 Å². The van der Waals surface area contributed by atoms with Crippen molar-refractivity contribution in [2.45, 2.75) is 289 Å². The third kappa shape index (κ3) is 49.1. The van der Waals surface area contributed by atoms with Crippen LogP contribution in [0.4, 0.5) is 0 Å². The lowest BCUT2D eigenvalue weighted by Crippen LogP contribution is -2.45. The third-order valence-electron chi connectivity index (χ3n) is 12.3. The minimum Gasteiger partial charge on any atom is -0.465 e. The number of hydrogen-bond acceptors (Lipinski definition) is 5. The van der Waals surface area contributed by atoms with Crippen LogP contribution >= 0.6 is 0 Å². The Kier molecular flexibility index (Phi) is 50.6. The molecule has 63 heavy (non-hydrogen) atoms. The number of nitrogens with one attached hydrogen (secondary N) is 1. The number of aliphatic hydroxyl groups excluding tert-OH is 2.